The Morgan fingerprint density at radius 3 is 2.90 bits per heavy atom. The summed E-state index contributed by atoms with van der Waals surface area (Å²) in [4.78, 5) is 9.28. The molecule has 0 spiro atoms. The van der Waals surface area contributed by atoms with Crippen molar-refractivity contribution in [1.82, 2.24) is 15.1 Å². The highest BCUT2D eigenvalue weighted by Gasteiger charge is 2.24. The van der Waals surface area contributed by atoms with E-state index in [0.29, 0.717) is 6.04 Å². The average molecular weight is 301 g/mol. The Kier molecular flexibility index (Phi) is 9.10. The molecule has 1 aliphatic rings. The normalized spacial score (nSPS) is 20.4. The molecule has 4 nitrogen and oxygen atoms in total. The van der Waals surface area contributed by atoms with Gasteiger partial charge in [-0.15, -0.1) is 0 Å². The van der Waals surface area contributed by atoms with Crippen LogP contribution in [0.2, 0.25) is 0 Å². The average Bonchev–Trinajstić information content (AvgIpc) is 2.90. The van der Waals surface area contributed by atoms with Gasteiger partial charge in [-0.3, -0.25) is 9.89 Å². The first-order valence-electron chi connectivity index (χ1n) is 7.87. The van der Waals surface area contributed by atoms with E-state index in [1.807, 2.05) is 18.8 Å². The van der Waals surface area contributed by atoms with Crippen LogP contribution >= 0.6 is 11.8 Å². The van der Waals surface area contributed by atoms with Gasteiger partial charge in [0.2, 0.25) is 0 Å². The predicted molar refractivity (Wildman–Crippen MR) is 91.9 cm³/mol. The van der Waals surface area contributed by atoms with E-state index in [2.05, 4.69) is 40.3 Å². The molecule has 1 rings (SSSR count). The van der Waals surface area contributed by atoms with Crippen LogP contribution in [-0.2, 0) is 0 Å². The molecule has 1 saturated heterocycles. The van der Waals surface area contributed by atoms with Crippen LogP contribution in [0.5, 0.6) is 0 Å². The number of aliphatic imine (C=N–C) groups is 1. The van der Waals surface area contributed by atoms with E-state index in [1.165, 1.54) is 44.5 Å². The molecule has 1 atom stereocenters. The Labute approximate surface area is 129 Å². The van der Waals surface area contributed by atoms with Crippen molar-refractivity contribution in [3.63, 3.8) is 0 Å². The number of likely N-dealkylation sites (tertiary alicyclic amines) is 1. The highest BCUT2D eigenvalue weighted by Crippen LogP contribution is 2.17. The van der Waals surface area contributed by atoms with Gasteiger partial charge in [-0.2, -0.15) is 11.8 Å². The second-order valence-electron chi connectivity index (χ2n) is 5.48. The predicted octanol–water partition coefficient (Wildman–Crippen LogP) is 2.12. The largest absolute Gasteiger partial charge is 0.356 e. The van der Waals surface area contributed by atoms with E-state index in [1.54, 1.807) is 0 Å². The summed E-state index contributed by atoms with van der Waals surface area (Å²) in [6.07, 6.45) is 7.33. The van der Waals surface area contributed by atoms with Crippen molar-refractivity contribution in [2.24, 2.45) is 4.99 Å². The van der Waals surface area contributed by atoms with Crippen LogP contribution in [0.1, 0.15) is 32.6 Å². The third-order valence-corrected chi connectivity index (χ3v) is 4.72. The molecule has 0 aromatic rings. The highest BCUT2D eigenvalue weighted by molar-refractivity contribution is 7.98. The van der Waals surface area contributed by atoms with Gasteiger partial charge in [0.25, 0.3) is 0 Å². The number of nitrogens with one attached hydrogen (secondary N) is 1. The van der Waals surface area contributed by atoms with Gasteiger partial charge in [0.1, 0.15) is 0 Å². The van der Waals surface area contributed by atoms with Crippen molar-refractivity contribution in [1.29, 1.82) is 0 Å². The number of guanidine groups is 1. The Hall–Kier alpha value is -0.420. The molecule has 0 aromatic carbocycles. The zero-order valence-electron chi connectivity index (χ0n) is 13.7. The maximum absolute atomic E-state index is 4.41. The van der Waals surface area contributed by atoms with Crippen molar-refractivity contribution < 1.29 is 0 Å². The SMILES string of the molecule is CCN1CCCC1CN(C)C(=NC)NCCCCSC. The van der Waals surface area contributed by atoms with Crippen molar-refractivity contribution in [3.05, 3.63) is 0 Å². The van der Waals surface area contributed by atoms with E-state index in [0.717, 1.165) is 19.0 Å². The van der Waals surface area contributed by atoms with Gasteiger partial charge in [-0.05, 0) is 50.8 Å². The van der Waals surface area contributed by atoms with Crippen LogP contribution in [0.3, 0.4) is 0 Å². The molecule has 1 fully saturated rings. The molecular weight excluding hydrogens is 268 g/mol. The fourth-order valence-corrected chi connectivity index (χ4v) is 3.37. The number of likely N-dealkylation sites (N-methyl/N-ethyl adjacent to an activating group) is 2. The first-order chi connectivity index (χ1) is 9.72. The van der Waals surface area contributed by atoms with Crippen molar-refractivity contribution >= 4 is 17.7 Å². The number of thioether (sulfide) groups is 1. The van der Waals surface area contributed by atoms with Gasteiger partial charge in [-0.25, -0.2) is 0 Å². The fourth-order valence-electron chi connectivity index (χ4n) is 2.88. The summed E-state index contributed by atoms with van der Waals surface area (Å²) in [6, 6.07) is 0.694. The molecule has 0 saturated carbocycles. The van der Waals surface area contributed by atoms with E-state index in [9.17, 15) is 0 Å². The third-order valence-electron chi connectivity index (χ3n) is 4.02. The summed E-state index contributed by atoms with van der Waals surface area (Å²) < 4.78 is 0. The lowest BCUT2D eigenvalue weighted by Gasteiger charge is -2.29. The Bertz CT molecular complexity index is 283. The summed E-state index contributed by atoms with van der Waals surface area (Å²) in [5, 5.41) is 3.48. The highest BCUT2D eigenvalue weighted by atomic mass is 32.2. The molecular formula is C15H32N4S. The van der Waals surface area contributed by atoms with Crippen molar-refractivity contribution in [3.8, 4) is 0 Å². The number of nitrogens with zero attached hydrogens (tertiary/aromatic N) is 3. The Balaban J connectivity index is 2.29. The zero-order valence-corrected chi connectivity index (χ0v) is 14.5. The molecule has 1 aliphatic heterocycles. The minimum absolute atomic E-state index is 0.694. The van der Waals surface area contributed by atoms with Gasteiger partial charge in [0.15, 0.2) is 5.96 Å². The Morgan fingerprint density at radius 1 is 1.45 bits per heavy atom. The number of hydrogen-bond acceptors (Lipinski definition) is 3. The zero-order chi connectivity index (χ0) is 14.8. The van der Waals surface area contributed by atoms with E-state index >= 15 is 0 Å². The second-order valence-corrected chi connectivity index (χ2v) is 6.46. The molecule has 0 radical (unpaired) electrons. The lowest BCUT2D eigenvalue weighted by atomic mass is 10.2. The van der Waals surface area contributed by atoms with E-state index in [-0.39, 0.29) is 0 Å². The minimum atomic E-state index is 0.694. The first-order valence-corrected chi connectivity index (χ1v) is 9.27. The molecule has 1 unspecified atom stereocenters. The minimum Gasteiger partial charge on any atom is -0.356 e. The van der Waals surface area contributed by atoms with Crippen LogP contribution in [0.25, 0.3) is 0 Å². The molecule has 0 amide bonds. The van der Waals surface area contributed by atoms with Crippen molar-refractivity contribution in [2.45, 2.75) is 38.6 Å². The molecule has 1 N–H and O–H groups in total. The van der Waals surface area contributed by atoms with Gasteiger partial charge in [-0.1, -0.05) is 6.92 Å². The summed E-state index contributed by atoms with van der Waals surface area (Å²) >= 11 is 1.92. The van der Waals surface area contributed by atoms with Gasteiger partial charge >= 0.3 is 0 Å². The summed E-state index contributed by atoms with van der Waals surface area (Å²) in [7, 11) is 4.04. The smallest absolute Gasteiger partial charge is 0.193 e. The first kappa shape index (κ1) is 17.6. The number of rotatable bonds is 8. The lowest BCUT2D eigenvalue weighted by Crippen LogP contribution is -2.46. The van der Waals surface area contributed by atoms with Gasteiger partial charge < -0.3 is 10.2 Å². The Morgan fingerprint density at radius 2 is 2.25 bits per heavy atom. The van der Waals surface area contributed by atoms with Gasteiger partial charge in [0.05, 0.1) is 0 Å². The topological polar surface area (TPSA) is 30.9 Å². The van der Waals surface area contributed by atoms with Crippen molar-refractivity contribution in [2.75, 3.05) is 52.3 Å². The van der Waals surface area contributed by atoms with Crippen LogP contribution in [0.15, 0.2) is 4.99 Å². The second kappa shape index (κ2) is 10.3. The summed E-state index contributed by atoms with van der Waals surface area (Å²) in [5.41, 5.74) is 0. The molecule has 1 heterocycles. The van der Waals surface area contributed by atoms with E-state index in [4.69, 9.17) is 0 Å². The van der Waals surface area contributed by atoms with Gasteiger partial charge in [0, 0.05) is 33.2 Å². The molecule has 118 valence electrons. The van der Waals surface area contributed by atoms with Crippen LogP contribution < -0.4 is 5.32 Å². The van der Waals surface area contributed by atoms with Crippen LogP contribution in [0, 0.1) is 0 Å². The van der Waals surface area contributed by atoms with E-state index < -0.39 is 0 Å². The van der Waals surface area contributed by atoms with Crippen LogP contribution in [-0.4, -0.2) is 74.1 Å². The summed E-state index contributed by atoms with van der Waals surface area (Å²) in [5.74, 6) is 2.29. The third kappa shape index (κ3) is 5.92. The summed E-state index contributed by atoms with van der Waals surface area (Å²) in [6.45, 7) is 6.80. The number of hydrogen-bond donors (Lipinski definition) is 1. The lowest BCUT2D eigenvalue weighted by molar-refractivity contribution is 0.232. The number of unbranched alkanes of at least 4 members (excludes halogenated alkanes) is 1. The molecule has 0 aliphatic carbocycles. The quantitative estimate of drug-likeness (QED) is 0.423. The standard InChI is InChI=1S/C15H32N4S/c1-5-19-11-8-9-14(19)13-18(3)15(16-2)17-10-6-7-12-20-4/h14H,5-13H2,1-4H3,(H,16,17). The van der Waals surface area contributed by atoms with Crippen LogP contribution in [0.4, 0.5) is 0 Å². The monoisotopic (exact) mass is 300 g/mol. The molecule has 0 aromatic heterocycles. The fraction of sp³-hybridized carbons (Fsp3) is 0.933. The molecule has 0 bridgehead atoms. The molecule has 20 heavy (non-hydrogen) atoms. The maximum Gasteiger partial charge on any atom is 0.193 e. The molecule has 5 heteroatoms. The maximum atomic E-state index is 4.41.